The molecular weight excluding hydrogens is 476 g/mol. The number of nitrogens with zero attached hydrogens (tertiary/aromatic N) is 2. The monoisotopic (exact) mass is 504 g/mol. The Morgan fingerprint density at radius 1 is 1.20 bits per heavy atom. The number of benzene rings is 2. The van der Waals surface area contributed by atoms with Gasteiger partial charge in [0.25, 0.3) is 5.56 Å². The van der Waals surface area contributed by atoms with Gasteiger partial charge in [-0.25, -0.2) is 9.79 Å². The normalized spacial score (nSPS) is 15.7. The first-order chi connectivity index (χ1) is 16.8. The molecule has 2 aromatic carbocycles. The van der Waals surface area contributed by atoms with Gasteiger partial charge >= 0.3 is 5.97 Å². The predicted molar refractivity (Wildman–Crippen MR) is 144 cm³/mol. The fourth-order valence-corrected chi connectivity index (χ4v) is 5.48. The zero-order chi connectivity index (χ0) is 25.1. The first-order valence-corrected chi connectivity index (χ1v) is 13.4. The average Bonchev–Trinajstić information content (AvgIpc) is 3.16. The maximum atomic E-state index is 13.7. The van der Waals surface area contributed by atoms with E-state index in [2.05, 4.69) is 37.6 Å². The van der Waals surface area contributed by atoms with E-state index in [9.17, 15) is 9.59 Å². The first-order valence-electron chi connectivity index (χ1n) is 11.4. The van der Waals surface area contributed by atoms with E-state index in [4.69, 9.17) is 4.74 Å². The summed E-state index contributed by atoms with van der Waals surface area (Å²) in [6.45, 7) is 9.80. The molecule has 2 heterocycles. The fraction of sp³-hybridized carbons (Fsp3) is 0.250. The lowest BCUT2D eigenvalue weighted by atomic mass is 9.96. The van der Waals surface area contributed by atoms with E-state index >= 15 is 0 Å². The molecule has 0 radical (unpaired) electrons. The molecule has 0 bridgehead atoms. The van der Waals surface area contributed by atoms with Crippen molar-refractivity contribution in [3.05, 3.63) is 109 Å². The number of carbonyl (C=O) groups is 1. The molecule has 7 heteroatoms. The van der Waals surface area contributed by atoms with E-state index in [1.54, 1.807) is 23.3 Å². The molecule has 0 spiro atoms. The van der Waals surface area contributed by atoms with Crippen LogP contribution in [0.4, 0.5) is 0 Å². The summed E-state index contributed by atoms with van der Waals surface area (Å²) in [4.78, 5) is 33.0. The Labute approximate surface area is 213 Å². The van der Waals surface area contributed by atoms with Crippen LogP contribution in [-0.4, -0.2) is 23.4 Å². The number of rotatable bonds is 7. The van der Waals surface area contributed by atoms with Gasteiger partial charge in [-0.05, 0) is 54.0 Å². The highest BCUT2D eigenvalue weighted by atomic mass is 32.2. The van der Waals surface area contributed by atoms with Crippen LogP contribution in [0.15, 0.2) is 87.1 Å². The molecule has 35 heavy (non-hydrogen) atoms. The van der Waals surface area contributed by atoms with Crippen LogP contribution in [0.5, 0.6) is 0 Å². The zero-order valence-electron chi connectivity index (χ0n) is 20.3. The molecule has 1 aliphatic heterocycles. The lowest BCUT2D eigenvalue weighted by molar-refractivity contribution is -0.138. The SMILES string of the molecule is C=CCOC(=O)C1=C(C)N=c2sc(=Cc3ccc(C(C)C)cc3)c(=O)n2C1c1ccc(SC)cc1. The van der Waals surface area contributed by atoms with Gasteiger partial charge in [0.1, 0.15) is 6.61 Å². The zero-order valence-corrected chi connectivity index (χ0v) is 21.9. The van der Waals surface area contributed by atoms with Crippen LogP contribution >= 0.6 is 23.1 Å². The van der Waals surface area contributed by atoms with Gasteiger partial charge in [0, 0.05) is 4.90 Å². The molecule has 0 aliphatic carbocycles. The molecule has 1 unspecified atom stereocenters. The third kappa shape index (κ3) is 5.11. The van der Waals surface area contributed by atoms with Gasteiger partial charge in [-0.3, -0.25) is 9.36 Å². The molecule has 0 amide bonds. The summed E-state index contributed by atoms with van der Waals surface area (Å²) in [6.07, 6.45) is 5.42. The Morgan fingerprint density at radius 2 is 1.89 bits per heavy atom. The maximum absolute atomic E-state index is 13.7. The van der Waals surface area contributed by atoms with Crippen LogP contribution in [0.25, 0.3) is 6.08 Å². The second-order valence-corrected chi connectivity index (χ2v) is 10.5. The van der Waals surface area contributed by atoms with Gasteiger partial charge in [0.15, 0.2) is 4.80 Å². The quantitative estimate of drug-likeness (QED) is 0.263. The Morgan fingerprint density at radius 3 is 2.49 bits per heavy atom. The van der Waals surface area contributed by atoms with Crippen molar-refractivity contribution in [2.75, 3.05) is 12.9 Å². The maximum Gasteiger partial charge on any atom is 0.338 e. The van der Waals surface area contributed by atoms with Crippen molar-refractivity contribution in [2.24, 2.45) is 4.99 Å². The summed E-state index contributed by atoms with van der Waals surface area (Å²) in [7, 11) is 0. The Bertz CT molecular complexity index is 1460. The van der Waals surface area contributed by atoms with Crippen molar-refractivity contribution >= 4 is 35.1 Å². The van der Waals surface area contributed by atoms with Gasteiger partial charge in [-0.1, -0.05) is 74.2 Å². The van der Waals surface area contributed by atoms with Crippen molar-refractivity contribution in [3.63, 3.8) is 0 Å². The summed E-state index contributed by atoms with van der Waals surface area (Å²) >= 11 is 2.97. The van der Waals surface area contributed by atoms with Gasteiger partial charge in [0.2, 0.25) is 0 Å². The summed E-state index contributed by atoms with van der Waals surface area (Å²) in [5, 5.41) is 0. The number of fused-ring (bicyclic) bond motifs is 1. The van der Waals surface area contributed by atoms with Crippen molar-refractivity contribution in [1.29, 1.82) is 0 Å². The van der Waals surface area contributed by atoms with E-state index < -0.39 is 12.0 Å². The van der Waals surface area contributed by atoms with E-state index in [-0.39, 0.29) is 12.2 Å². The Hall–Kier alpha value is -3.16. The van der Waals surface area contributed by atoms with Crippen LogP contribution in [0.3, 0.4) is 0 Å². The number of allylic oxidation sites excluding steroid dienone is 1. The molecule has 0 saturated carbocycles. The minimum atomic E-state index is -0.620. The molecule has 3 aromatic rings. The number of thioether (sulfide) groups is 1. The third-order valence-corrected chi connectivity index (χ3v) is 7.63. The van der Waals surface area contributed by atoms with Gasteiger partial charge in [-0.2, -0.15) is 0 Å². The molecule has 0 saturated heterocycles. The van der Waals surface area contributed by atoms with E-state index in [1.807, 2.05) is 48.7 Å². The second kappa shape index (κ2) is 10.6. The number of hydrogen-bond acceptors (Lipinski definition) is 6. The molecule has 0 fully saturated rings. The van der Waals surface area contributed by atoms with Crippen LogP contribution in [0.1, 0.15) is 49.4 Å². The lowest BCUT2D eigenvalue weighted by Gasteiger charge is -2.24. The molecule has 4 rings (SSSR count). The second-order valence-electron chi connectivity index (χ2n) is 8.56. The van der Waals surface area contributed by atoms with Gasteiger partial charge < -0.3 is 4.74 Å². The van der Waals surface area contributed by atoms with E-state index in [0.717, 1.165) is 16.0 Å². The number of hydrogen-bond donors (Lipinski definition) is 0. The average molecular weight is 505 g/mol. The molecule has 1 aliphatic rings. The summed E-state index contributed by atoms with van der Waals surface area (Å²) in [5.41, 5.74) is 3.76. The number of thiazole rings is 1. The molecular formula is C28H28N2O3S2. The van der Waals surface area contributed by atoms with Crippen LogP contribution in [0.2, 0.25) is 0 Å². The highest BCUT2D eigenvalue weighted by Gasteiger charge is 2.33. The van der Waals surface area contributed by atoms with Crippen molar-refractivity contribution in [2.45, 2.75) is 37.6 Å². The van der Waals surface area contributed by atoms with Crippen molar-refractivity contribution in [1.82, 2.24) is 4.57 Å². The first kappa shape index (κ1) is 24.9. The Kier molecular flexibility index (Phi) is 7.57. The fourth-order valence-electron chi connectivity index (χ4n) is 4.03. The van der Waals surface area contributed by atoms with Gasteiger partial charge in [0.05, 0.1) is 21.8 Å². The molecule has 5 nitrogen and oxygen atoms in total. The largest absolute Gasteiger partial charge is 0.458 e. The van der Waals surface area contributed by atoms with Crippen LogP contribution < -0.4 is 14.9 Å². The highest BCUT2D eigenvalue weighted by molar-refractivity contribution is 7.98. The smallest absolute Gasteiger partial charge is 0.338 e. The van der Waals surface area contributed by atoms with Gasteiger partial charge in [-0.15, -0.1) is 11.8 Å². The third-order valence-electron chi connectivity index (χ3n) is 5.91. The molecule has 0 N–H and O–H groups in total. The van der Waals surface area contributed by atoms with Crippen LogP contribution in [0, 0.1) is 0 Å². The van der Waals surface area contributed by atoms with Crippen molar-refractivity contribution in [3.8, 4) is 0 Å². The Balaban J connectivity index is 1.88. The minimum Gasteiger partial charge on any atom is -0.458 e. The summed E-state index contributed by atoms with van der Waals surface area (Å²) in [5.74, 6) is -0.0576. The molecule has 1 atom stereocenters. The summed E-state index contributed by atoms with van der Waals surface area (Å²) < 4.78 is 7.57. The topological polar surface area (TPSA) is 60.7 Å². The standard InChI is InChI=1S/C28H28N2O3S2/c1-6-15-33-27(32)24-18(4)29-28-30(25(24)21-11-13-22(34-5)14-12-21)26(31)23(35-28)16-19-7-9-20(10-8-19)17(2)3/h6-14,16-17,25H,1,15H2,2-5H3. The van der Waals surface area contributed by atoms with Crippen LogP contribution in [-0.2, 0) is 9.53 Å². The van der Waals surface area contributed by atoms with Crippen molar-refractivity contribution < 1.29 is 9.53 Å². The number of ether oxygens (including phenoxy) is 1. The van der Waals surface area contributed by atoms with E-state index in [1.165, 1.54) is 23.0 Å². The highest BCUT2D eigenvalue weighted by Crippen LogP contribution is 2.31. The minimum absolute atomic E-state index is 0.0878. The predicted octanol–water partition coefficient (Wildman–Crippen LogP) is 4.81. The molecule has 1 aromatic heterocycles. The summed E-state index contributed by atoms with van der Waals surface area (Å²) in [6, 6.07) is 15.5. The number of aromatic nitrogens is 1. The lowest BCUT2D eigenvalue weighted by Crippen LogP contribution is -2.39. The van der Waals surface area contributed by atoms with E-state index in [0.29, 0.717) is 26.5 Å². The molecule has 180 valence electrons. The number of esters is 1. The number of carbonyl (C=O) groups excluding carboxylic acids is 1.